The van der Waals surface area contributed by atoms with E-state index in [1.807, 2.05) is 17.6 Å². The molecule has 0 spiro atoms. The van der Waals surface area contributed by atoms with Gasteiger partial charge in [-0.25, -0.2) is 4.79 Å². The van der Waals surface area contributed by atoms with Crippen molar-refractivity contribution in [2.24, 2.45) is 4.99 Å². The predicted molar refractivity (Wildman–Crippen MR) is 119 cm³/mol. The number of carbonyl (C=O) groups is 2. The molecule has 9 heteroatoms. The molecule has 0 saturated carbocycles. The Morgan fingerprint density at radius 1 is 1.03 bits per heavy atom. The van der Waals surface area contributed by atoms with E-state index in [1.165, 1.54) is 23.5 Å². The normalized spacial score (nSPS) is 11.8. The van der Waals surface area contributed by atoms with Crippen molar-refractivity contribution in [2.45, 2.75) is 20.4 Å². The Bertz CT molecular complexity index is 1130. The topological polar surface area (TPSA) is 69.9 Å². The molecule has 0 unspecified atom stereocenters. The first-order chi connectivity index (χ1) is 14.4. The molecule has 1 aromatic heterocycles. The van der Waals surface area contributed by atoms with E-state index in [0.717, 1.165) is 10.2 Å². The Hall–Kier alpha value is -2.19. The smallest absolute Gasteiger partial charge is 0.338 e. The van der Waals surface area contributed by atoms with Gasteiger partial charge in [-0.2, -0.15) is 4.99 Å². The first kappa shape index (κ1) is 22.5. The Kier molecular flexibility index (Phi) is 7.66. The highest BCUT2D eigenvalue weighted by molar-refractivity contribution is 7.16. The minimum atomic E-state index is -0.457. The number of hydrogen-bond donors (Lipinski definition) is 0. The highest BCUT2D eigenvalue weighted by Crippen LogP contribution is 2.22. The van der Waals surface area contributed by atoms with Crippen molar-refractivity contribution < 1.29 is 19.1 Å². The van der Waals surface area contributed by atoms with Crippen LogP contribution in [0.2, 0.25) is 10.0 Å². The fraction of sp³-hybridized carbons (Fsp3) is 0.286. The van der Waals surface area contributed by atoms with Crippen molar-refractivity contribution >= 4 is 56.6 Å². The summed E-state index contributed by atoms with van der Waals surface area (Å²) in [5.74, 6) is -0.849. The van der Waals surface area contributed by atoms with Gasteiger partial charge in [-0.05, 0) is 50.2 Å². The second-order valence-corrected chi connectivity index (χ2v) is 8.09. The second-order valence-electron chi connectivity index (χ2n) is 6.21. The monoisotopic (exact) mass is 466 g/mol. The number of rotatable bonds is 7. The molecule has 30 heavy (non-hydrogen) atoms. The third-order valence-electron chi connectivity index (χ3n) is 4.16. The summed E-state index contributed by atoms with van der Waals surface area (Å²) in [6.45, 7) is 5.53. The molecule has 3 rings (SSSR count). The fourth-order valence-corrected chi connectivity index (χ4v) is 4.46. The Labute approximate surface area is 187 Å². The number of carbonyl (C=O) groups excluding carboxylic acids is 2. The van der Waals surface area contributed by atoms with Gasteiger partial charge in [0.1, 0.15) is 0 Å². The number of esters is 1. The van der Waals surface area contributed by atoms with E-state index in [-0.39, 0.29) is 0 Å². The van der Waals surface area contributed by atoms with Crippen molar-refractivity contribution in [1.29, 1.82) is 0 Å². The maximum Gasteiger partial charge on any atom is 0.338 e. The van der Waals surface area contributed by atoms with E-state index >= 15 is 0 Å². The molecule has 6 nitrogen and oxygen atoms in total. The summed E-state index contributed by atoms with van der Waals surface area (Å²) in [5, 5.41) is 0.724. The van der Waals surface area contributed by atoms with Crippen LogP contribution in [0.1, 0.15) is 34.6 Å². The minimum absolute atomic E-state index is 0.299. The van der Waals surface area contributed by atoms with E-state index in [2.05, 4.69) is 4.99 Å². The molecule has 0 fully saturated rings. The average molecular weight is 467 g/mol. The average Bonchev–Trinajstić information content (AvgIpc) is 3.04. The lowest BCUT2D eigenvalue weighted by Crippen LogP contribution is -2.19. The zero-order valence-electron chi connectivity index (χ0n) is 16.5. The van der Waals surface area contributed by atoms with Crippen LogP contribution in [0.25, 0.3) is 10.2 Å². The van der Waals surface area contributed by atoms with Crippen LogP contribution in [0.4, 0.5) is 0 Å². The van der Waals surface area contributed by atoms with Crippen LogP contribution in [0.3, 0.4) is 0 Å². The van der Waals surface area contributed by atoms with Gasteiger partial charge in [-0.3, -0.25) is 4.79 Å². The molecule has 0 bridgehead atoms. The quantitative estimate of drug-likeness (QED) is 0.364. The van der Waals surface area contributed by atoms with Gasteiger partial charge in [0.15, 0.2) is 4.80 Å². The summed E-state index contributed by atoms with van der Waals surface area (Å²) in [4.78, 5) is 29.6. The maximum absolute atomic E-state index is 12.7. The third-order valence-corrected chi connectivity index (χ3v) is 5.64. The van der Waals surface area contributed by atoms with Crippen LogP contribution < -0.4 is 4.80 Å². The highest BCUT2D eigenvalue weighted by atomic mass is 35.5. The first-order valence-corrected chi connectivity index (χ1v) is 10.9. The highest BCUT2D eigenvalue weighted by Gasteiger charge is 2.13. The van der Waals surface area contributed by atoms with Crippen LogP contribution in [0.15, 0.2) is 41.4 Å². The van der Waals surface area contributed by atoms with Crippen LogP contribution in [-0.2, 0) is 16.0 Å². The SMILES string of the molecule is CCOCCn1c(=NC(=O)c2cc(Cl)cc(Cl)c2)sc2cc(C(=O)OCC)ccc21. The molecule has 0 aliphatic rings. The lowest BCUT2D eigenvalue weighted by Gasteiger charge is -2.06. The van der Waals surface area contributed by atoms with Crippen LogP contribution in [0, 0.1) is 0 Å². The van der Waals surface area contributed by atoms with Crippen molar-refractivity contribution in [3.8, 4) is 0 Å². The second kappa shape index (κ2) is 10.2. The van der Waals surface area contributed by atoms with Crippen molar-refractivity contribution in [1.82, 2.24) is 4.57 Å². The Morgan fingerprint density at radius 2 is 1.77 bits per heavy atom. The molecule has 1 amide bonds. The summed E-state index contributed by atoms with van der Waals surface area (Å²) in [6.07, 6.45) is 0. The zero-order valence-corrected chi connectivity index (χ0v) is 18.8. The molecule has 0 N–H and O–H groups in total. The molecule has 2 aromatic carbocycles. The Morgan fingerprint density at radius 3 is 2.43 bits per heavy atom. The van der Waals surface area contributed by atoms with Crippen molar-refractivity contribution in [3.63, 3.8) is 0 Å². The van der Waals surface area contributed by atoms with Crippen LogP contribution in [-0.4, -0.2) is 36.3 Å². The van der Waals surface area contributed by atoms with Gasteiger partial charge in [0.25, 0.3) is 5.91 Å². The van der Waals surface area contributed by atoms with E-state index in [1.54, 1.807) is 25.1 Å². The van der Waals surface area contributed by atoms with E-state index in [0.29, 0.717) is 52.3 Å². The minimum Gasteiger partial charge on any atom is -0.462 e. The number of amides is 1. The van der Waals surface area contributed by atoms with Crippen molar-refractivity contribution in [3.05, 3.63) is 62.4 Å². The summed E-state index contributed by atoms with van der Waals surface area (Å²) < 4.78 is 13.3. The molecular formula is C21H20Cl2N2O4S. The van der Waals surface area contributed by atoms with Gasteiger partial charge >= 0.3 is 5.97 Å². The van der Waals surface area contributed by atoms with E-state index < -0.39 is 11.9 Å². The molecule has 0 atom stereocenters. The van der Waals surface area contributed by atoms with Gasteiger partial charge in [-0.1, -0.05) is 34.5 Å². The summed E-state index contributed by atoms with van der Waals surface area (Å²) >= 11 is 13.3. The largest absolute Gasteiger partial charge is 0.462 e. The van der Waals surface area contributed by atoms with Crippen LogP contribution in [0.5, 0.6) is 0 Å². The van der Waals surface area contributed by atoms with Gasteiger partial charge in [0.2, 0.25) is 0 Å². The Balaban J connectivity index is 2.08. The zero-order chi connectivity index (χ0) is 21.7. The number of fused-ring (bicyclic) bond motifs is 1. The summed E-state index contributed by atoms with van der Waals surface area (Å²) in [7, 11) is 0. The van der Waals surface area contributed by atoms with Gasteiger partial charge in [0, 0.05) is 28.8 Å². The van der Waals surface area contributed by atoms with E-state index in [9.17, 15) is 9.59 Å². The molecule has 0 radical (unpaired) electrons. The first-order valence-electron chi connectivity index (χ1n) is 9.36. The molecule has 1 heterocycles. The number of aromatic nitrogens is 1. The number of ether oxygens (including phenoxy) is 2. The van der Waals surface area contributed by atoms with Gasteiger partial charge < -0.3 is 14.0 Å². The number of thiazole rings is 1. The van der Waals surface area contributed by atoms with Crippen molar-refractivity contribution in [2.75, 3.05) is 19.8 Å². The summed E-state index contributed by atoms with van der Waals surface area (Å²) in [6, 6.07) is 9.87. The number of nitrogens with zero attached hydrogens (tertiary/aromatic N) is 2. The lowest BCUT2D eigenvalue weighted by molar-refractivity contribution is 0.0526. The number of hydrogen-bond acceptors (Lipinski definition) is 5. The molecular weight excluding hydrogens is 447 g/mol. The van der Waals surface area contributed by atoms with E-state index in [4.69, 9.17) is 32.7 Å². The molecule has 0 aliphatic heterocycles. The molecule has 0 aliphatic carbocycles. The van der Waals surface area contributed by atoms with Gasteiger partial charge in [-0.15, -0.1) is 0 Å². The predicted octanol–water partition coefficient (Wildman–Crippen LogP) is 4.96. The standard InChI is InChI=1S/C21H20Cl2N2O4S/c1-3-28-8-7-25-17-6-5-13(20(27)29-4-2)11-18(17)30-21(25)24-19(26)14-9-15(22)12-16(23)10-14/h5-6,9-12H,3-4,7-8H2,1-2H3. The van der Waals surface area contributed by atoms with Crippen LogP contribution >= 0.6 is 34.5 Å². The maximum atomic E-state index is 12.7. The summed E-state index contributed by atoms with van der Waals surface area (Å²) in [5.41, 5.74) is 1.60. The third kappa shape index (κ3) is 5.29. The molecule has 158 valence electrons. The lowest BCUT2D eigenvalue weighted by atomic mass is 10.2. The number of benzene rings is 2. The van der Waals surface area contributed by atoms with Gasteiger partial charge in [0.05, 0.1) is 29.0 Å². The molecule has 0 saturated heterocycles. The number of halogens is 2. The molecule has 3 aromatic rings. The fourth-order valence-electron chi connectivity index (χ4n) is 2.84.